The molecule has 25 heavy (non-hydrogen) atoms. The van der Waals surface area contributed by atoms with E-state index >= 15 is 0 Å². The third-order valence-corrected chi connectivity index (χ3v) is 4.65. The molecule has 138 valence electrons. The van der Waals surface area contributed by atoms with Gasteiger partial charge in [0.1, 0.15) is 0 Å². The topological polar surface area (TPSA) is 64.7 Å². The molecule has 1 aliphatic heterocycles. The zero-order valence-electron chi connectivity index (χ0n) is 14.9. The summed E-state index contributed by atoms with van der Waals surface area (Å²) in [5.74, 6) is -0.257. The average Bonchev–Trinajstić information content (AvgIpc) is 2.58. The zero-order valence-corrected chi connectivity index (χ0v) is 15.7. The van der Waals surface area contributed by atoms with E-state index in [1.165, 1.54) is 5.56 Å². The van der Waals surface area contributed by atoms with E-state index in [-0.39, 0.29) is 18.5 Å². The summed E-state index contributed by atoms with van der Waals surface area (Å²) in [7, 11) is 0. The smallest absolute Gasteiger partial charge is 0.321 e. The molecule has 1 atom stereocenters. The number of halogens is 1. The molecule has 6 nitrogen and oxygen atoms in total. The molecule has 1 saturated heterocycles. The van der Waals surface area contributed by atoms with Crippen LogP contribution in [-0.2, 0) is 11.3 Å². The van der Waals surface area contributed by atoms with E-state index in [1.54, 1.807) is 0 Å². The van der Waals surface area contributed by atoms with Crippen LogP contribution in [-0.4, -0.2) is 60.5 Å². The molecule has 0 aliphatic carbocycles. The van der Waals surface area contributed by atoms with E-state index in [4.69, 9.17) is 11.6 Å². The minimum Gasteiger partial charge on any atom is -0.335 e. The van der Waals surface area contributed by atoms with Crippen molar-refractivity contribution in [2.24, 2.45) is 0 Å². The van der Waals surface area contributed by atoms with Gasteiger partial charge in [0.05, 0.1) is 6.54 Å². The highest BCUT2D eigenvalue weighted by molar-refractivity contribution is 6.30. The molecule has 1 aromatic rings. The van der Waals surface area contributed by atoms with Crippen LogP contribution in [0.4, 0.5) is 4.79 Å². The van der Waals surface area contributed by atoms with Crippen molar-refractivity contribution in [1.82, 2.24) is 20.4 Å². The van der Waals surface area contributed by atoms with Gasteiger partial charge in [0.15, 0.2) is 0 Å². The molecule has 0 spiro atoms. The molecular weight excluding hydrogens is 340 g/mol. The second-order valence-corrected chi connectivity index (χ2v) is 6.95. The van der Waals surface area contributed by atoms with Gasteiger partial charge >= 0.3 is 6.03 Å². The van der Waals surface area contributed by atoms with Gasteiger partial charge in [-0.2, -0.15) is 0 Å². The van der Waals surface area contributed by atoms with Gasteiger partial charge in [-0.25, -0.2) is 4.79 Å². The Morgan fingerprint density at radius 1 is 1.12 bits per heavy atom. The summed E-state index contributed by atoms with van der Waals surface area (Å²) in [4.78, 5) is 28.0. The highest BCUT2D eigenvalue weighted by atomic mass is 35.5. The maximum atomic E-state index is 12.0. The van der Waals surface area contributed by atoms with E-state index in [2.05, 4.69) is 20.4 Å². The molecule has 0 aromatic heterocycles. The Morgan fingerprint density at radius 2 is 1.72 bits per heavy atom. The van der Waals surface area contributed by atoms with E-state index in [0.29, 0.717) is 0 Å². The van der Waals surface area contributed by atoms with Gasteiger partial charge < -0.3 is 5.32 Å². The molecule has 1 heterocycles. The molecule has 1 aliphatic rings. The van der Waals surface area contributed by atoms with Gasteiger partial charge in [-0.3, -0.25) is 19.9 Å². The summed E-state index contributed by atoms with van der Waals surface area (Å²) in [6.45, 7) is 8.45. The number of imide groups is 1. The Labute approximate surface area is 154 Å². The number of carbonyl (C=O) groups is 2. The molecule has 2 rings (SSSR count). The van der Waals surface area contributed by atoms with Crippen molar-refractivity contribution in [2.75, 3.05) is 32.7 Å². The number of carbonyl (C=O) groups excluding carboxylic acids is 2. The normalized spacial score (nSPS) is 17.1. The van der Waals surface area contributed by atoms with Gasteiger partial charge in [0, 0.05) is 43.8 Å². The Kier molecular flexibility index (Phi) is 7.68. The molecule has 0 bridgehead atoms. The van der Waals surface area contributed by atoms with Crippen LogP contribution in [0, 0.1) is 0 Å². The number of urea groups is 1. The minimum atomic E-state index is -0.416. The van der Waals surface area contributed by atoms with Crippen LogP contribution in [0.5, 0.6) is 0 Å². The number of benzene rings is 1. The van der Waals surface area contributed by atoms with Crippen molar-refractivity contribution in [1.29, 1.82) is 0 Å². The van der Waals surface area contributed by atoms with Gasteiger partial charge in [0.25, 0.3) is 0 Å². The number of nitrogens with one attached hydrogen (secondary N) is 2. The Hall–Kier alpha value is -1.63. The summed E-state index contributed by atoms with van der Waals surface area (Å²) in [5, 5.41) is 5.87. The lowest BCUT2D eigenvalue weighted by Crippen LogP contribution is -2.51. The van der Waals surface area contributed by atoms with Crippen molar-refractivity contribution in [2.45, 2.75) is 32.9 Å². The molecule has 0 saturated carbocycles. The highest BCUT2D eigenvalue weighted by Crippen LogP contribution is 2.12. The van der Waals surface area contributed by atoms with Crippen molar-refractivity contribution < 1.29 is 9.59 Å². The maximum absolute atomic E-state index is 12.0. The summed E-state index contributed by atoms with van der Waals surface area (Å²) >= 11 is 5.91. The molecule has 0 unspecified atom stereocenters. The quantitative estimate of drug-likeness (QED) is 0.809. The highest BCUT2D eigenvalue weighted by Gasteiger charge is 2.20. The molecule has 2 N–H and O–H groups in total. The zero-order chi connectivity index (χ0) is 18.2. The van der Waals surface area contributed by atoms with Crippen LogP contribution in [0.1, 0.15) is 25.8 Å². The fourth-order valence-corrected chi connectivity index (χ4v) is 2.81. The van der Waals surface area contributed by atoms with Crippen LogP contribution in [0.15, 0.2) is 24.3 Å². The first-order chi connectivity index (χ1) is 12.0. The number of piperazine rings is 1. The predicted molar refractivity (Wildman–Crippen MR) is 99.6 cm³/mol. The number of amides is 3. The molecule has 7 heteroatoms. The van der Waals surface area contributed by atoms with E-state index in [9.17, 15) is 9.59 Å². The third-order valence-electron chi connectivity index (χ3n) is 4.39. The van der Waals surface area contributed by atoms with Gasteiger partial charge in [-0.05, 0) is 31.0 Å². The fraction of sp³-hybridized carbons (Fsp3) is 0.556. The van der Waals surface area contributed by atoms with Gasteiger partial charge in [-0.1, -0.05) is 30.7 Å². The Bertz CT molecular complexity index is 571. The molecule has 1 fully saturated rings. The molecule has 1 aromatic carbocycles. The third kappa shape index (κ3) is 7.02. The first-order valence-electron chi connectivity index (χ1n) is 8.75. The number of hydrogen-bond acceptors (Lipinski definition) is 4. The Morgan fingerprint density at radius 3 is 2.32 bits per heavy atom. The first-order valence-corrected chi connectivity index (χ1v) is 9.13. The van der Waals surface area contributed by atoms with Crippen LogP contribution < -0.4 is 10.6 Å². The van der Waals surface area contributed by atoms with Gasteiger partial charge in [0.2, 0.25) is 5.91 Å². The van der Waals surface area contributed by atoms with Crippen LogP contribution >= 0.6 is 11.6 Å². The van der Waals surface area contributed by atoms with Gasteiger partial charge in [-0.15, -0.1) is 0 Å². The van der Waals surface area contributed by atoms with Crippen molar-refractivity contribution in [3.05, 3.63) is 34.9 Å². The van der Waals surface area contributed by atoms with E-state index in [1.807, 2.05) is 38.1 Å². The minimum absolute atomic E-state index is 0.0595. The lowest BCUT2D eigenvalue weighted by atomic mass is 10.2. The largest absolute Gasteiger partial charge is 0.335 e. The van der Waals surface area contributed by atoms with E-state index in [0.717, 1.165) is 44.2 Å². The van der Waals surface area contributed by atoms with Crippen molar-refractivity contribution in [3.8, 4) is 0 Å². The standard InChI is InChI=1S/C18H27ClN4O2/c1-3-14(2)20-18(25)21-17(24)13-23-10-8-22(9-11-23)12-15-4-6-16(19)7-5-15/h4-7,14H,3,8-13H2,1-2H3,(H2,20,21,24,25)/t14-/m1/s1. The second kappa shape index (κ2) is 9.75. The van der Waals surface area contributed by atoms with Crippen LogP contribution in [0.25, 0.3) is 0 Å². The van der Waals surface area contributed by atoms with Crippen molar-refractivity contribution >= 4 is 23.5 Å². The van der Waals surface area contributed by atoms with Crippen LogP contribution in [0.2, 0.25) is 5.02 Å². The predicted octanol–water partition coefficient (Wildman–Crippen LogP) is 2.08. The summed E-state index contributed by atoms with van der Waals surface area (Å²) < 4.78 is 0. The van der Waals surface area contributed by atoms with E-state index < -0.39 is 6.03 Å². The summed E-state index contributed by atoms with van der Waals surface area (Å²) in [6.07, 6.45) is 0.831. The number of hydrogen-bond donors (Lipinski definition) is 2. The molecular formula is C18H27ClN4O2. The molecule has 0 radical (unpaired) electrons. The SMILES string of the molecule is CC[C@@H](C)NC(=O)NC(=O)CN1CCN(Cc2ccc(Cl)cc2)CC1. The fourth-order valence-electron chi connectivity index (χ4n) is 2.68. The molecule has 3 amide bonds. The first kappa shape index (κ1) is 19.7. The summed E-state index contributed by atoms with van der Waals surface area (Å²) in [5.41, 5.74) is 1.23. The monoisotopic (exact) mass is 366 g/mol. The lowest BCUT2D eigenvalue weighted by Gasteiger charge is -2.34. The lowest BCUT2D eigenvalue weighted by molar-refractivity contribution is -0.121. The second-order valence-electron chi connectivity index (χ2n) is 6.51. The number of rotatable bonds is 6. The van der Waals surface area contributed by atoms with Crippen LogP contribution in [0.3, 0.4) is 0 Å². The van der Waals surface area contributed by atoms with Crippen molar-refractivity contribution in [3.63, 3.8) is 0 Å². The summed E-state index contributed by atoms with van der Waals surface area (Å²) in [6, 6.07) is 7.53. The maximum Gasteiger partial charge on any atom is 0.321 e. The number of nitrogens with zero attached hydrogens (tertiary/aromatic N) is 2. The average molecular weight is 367 g/mol. The Balaban J connectivity index is 1.68.